The molecule has 6 heteroatoms. The summed E-state index contributed by atoms with van der Waals surface area (Å²) < 4.78 is 5.21. The smallest absolute Gasteiger partial charge is 0.242 e. The highest BCUT2D eigenvalue weighted by Gasteiger charge is 2.15. The first-order valence-electron chi connectivity index (χ1n) is 5.82. The van der Waals surface area contributed by atoms with Crippen molar-refractivity contribution in [1.82, 2.24) is 10.2 Å². The summed E-state index contributed by atoms with van der Waals surface area (Å²) in [4.78, 5) is 17.5. The molecule has 0 atom stereocenters. The lowest BCUT2D eigenvalue weighted by atomic mass is 10.1. The standard InChI is InChI=1S/C11H22N4O2/c1-11(2,3)14-9(16)8-13-10(12)15-4-6-17-7-5-15/h4-8H2,1-3H3,(H2,12,13)(H,14,16). The van der Waals surface area contributed by atoms with Crippen LogP contribution < -0.4 is 11.1 Å². The molecule has 0 aliphatic carbocycles. The number of carbonyl (C=O) groups is 1. The minimum atomic E-state index is -0.236. The van der Waals surface area contributed by atoms with Gasteiger partial charge in [0.1, 0.15) is 6.54 Å². The molecule has 98 valence electrons. The Morgan fingerprint density at radius 3 is 2.53 bits per heavy atom. The Hall–Kier alpha value is -1.30. The number of aliphatic imine (C=N–C) groups is 1. The molecule has 1 rings (SSSR count). The minimum Gasteiger partial charge on any atom is -0.378 e. The van der Waals surface area contributed by atoms with Crippen molar-refractivity contribution < 1.29 is 9.53 Å². The number of guanidine groups is 1. The molecule has 0 radical (unpaired) electrons. The van der Waals surface area contributed by atoms with Gasteiger partial charge in [-0.05, 0) is 20.8 Å². The van der Waals surface area contributed by atoms with Crippen LogP contribution in [-0.4, -0.2) is 55.2 Å². The van der Waals surface area contributed by atoms with Gasteiger partial charge in [0.2, 0.25) is 5.91 Å². The van der Waals surface area contributed by atoms with Crippen LogP contribution in [0.4, 0.5) is 0 Å². The Kier molecular flexibility index (Phi) is 4.74. The second-order valence-corrected chi connectivity index (χ2v) is 5.07. The van der Waals surface area contributed by atoms with Gasteiger partial charge >= 0.3 is 0 Å². The van der Waals surface area contributed by atoms with Crippen LogP contribution in [-0.2, 0) is 9.53 Å². The first kappa shape index (κ1) is 13.8. The molecule has 1 amide bonds. The number of nitrogens with zero attached hydrogens (tertiary/aromatic N) is 2. The average molecular weight is 242 g/mol. The van der Waals surface area contributed by atoms with Gasteiger partial charge in [-0.25, -0.2) is 4.99 Å². The fraction of sp³-hybridized carbons (Fsp3) is 0.818. The maximum absolute atomic E-state index is 11.5. The molecule has 0 spiro atoms. The number of nitrogens with one attached hydrogen (secondary N) is 1. The number of hydrogen-bond donors (Lipinski definition) is 2. The van der Waals surface area contributed by atoms with E-state index in [1.54, 1.807) is 0 Å². The molecule has 0 bridgehead atoms. The molecule has 0 saturated carbocycles. The van der Waals surface area contributed by atoms with Gasteiger partial charge in [-0.2, -0.15) is 0 Å². The monoisotopic (exact) mass is 242 g/mol. The van der Waals surface area contributed by atoms with E-state index in [9.17, 15) is 4.79 Å². The highest BCUT2D eigenvalue weighted by molar-refractivity contribution is 5.84. The predicted octanol–water partition coefficient (Wildman–Crippen LogP) is -0.452. The maximum atomic E-state index is 11.5. The van der Waals surface area contributed by atoms with Crippen LogP contribution >= 0.6 is 0 Å². The van der Waals surface area contributed by atoms with Crippen LogP contribution in [0.2, 0.25) is 0 Å². The normalized spacial score (nSPS) is 18.1. The lowest BCUT2D eigenvalue weighted by molar-refractivity contribution is -0.121. The van der Waals surface area contributed by atoms with Gasteiger partial charge in [-0.3, -0.25) is 4.79 Å². The molecule has 6 nitrogen and oxygen atoms in total. The van der Waals surface area contributed by atoms with Gasteiger partial charge in [-0.1, -0.05) is 0 Å². The highest BCUT2D eigenvalue weighted by Crippen LogP contribution is 1.99. The number of nitrogens with two attached hydrogens (primary N) is 1. The number of ether oxygens (including phenoxy) is 1. The number of rotatable bonds is 2. The Morgan fingerprint density at radius 2 is 2.00 bits per heavy atom. The van der Waals surface area contributed by atoms with E-state index in [0.29, 0.717) is 19.2 Å². The summed E-state index contributed by atoms with van der Waals surface area (Å²) in [7, 11) is 0. The van der Waals surface area contributed by atoms with E-state index in [4.69, 9.17) is 10.5 Å². The zero-order valence-electron chi connectivity index (χ0n) is 10.8. The number of morpholine rings is 1. The van der Waals surface area contributed by atoms with E-state index in [1.165, 1.54) is 0 Å². The van der Waals surface area contributed by atoms with E-state index in [-0.39, 0.29) is 18.0 Å². The highest BCUT2D eigenvalue weighted by atomic mass is 16.5. The van der Waals surface area contributed by atoms with Crippen LogP contribution in [0, 0.1) is 0 Å². The SMILES string of the molecule is CC(C)(C)NC(=O)CN=C(N)N1CCOCC1. The average Bonchev–Trinajstić information content (AvgIpc) is 2.25. The summed E-state index contributed by atoms with van der Waals surface area (Å²) in [6.45, 7) is 8.64. The van der Waals surface area contributed by atoms with Crippen LogP contribution in [0.5, 0.6) is 0 Å². The Balaban J connectivity index is 2.38. The van der Waals surface area contributed by atoms with E-state index in [0.717, 1.165) is 13.1 Å². The third-order valence-corrected chi connectivity index (χ3v) is 2.23. The topological polar surface area (TPSA) is 80.0 Å². The number of hydrogen-bond acceptors (Lipinski definition) is 3. The van der Waals surface area contributed by atoms with Gasteiger partial charge in [0.25, 0.3) is 0 Å². The van der Waals surface area contributed by atoms with Crippen LogP contribution in [0.15, 0.2) is 4.99 Å². The molecule has 17 heavy (non-hydrogen) atoms. The summed E-state index contributed by atoms with van der Waals surface area (Å²) in [5.41, 5.74) is 5.57. The molecule has 1 fully saturated rings. The van der Waals surface area contributed by atoms with E-state index >= 15 is 0 Å². The first-order valence-corrected chi connectivity index (χ1v) is 5.82. The molecule has 3 N–H and O–H groups in total. The molecule has 0 aromatic carbocycles. The first-order chi connectivity index (χ1) is 7.88. The number of amides is 1. The van der Waals surface area contributed by atoms with Crippen LogP contribution in [0.1, 0.15) is 20.8 Å². The van der Waals surface area contributed by atoms with E-state index in [1.807, 2.05) is 25.7 Å². The summed E-state index contributed by atoms with van der Waals surface area (Å²) in [5.74, 6) is 0.297. The van der Waals surface area contributed by atoms with Crippen molar-refractivity contribution in [2.45, 2.75) is 26.3 Å². The van der Waals surface area contributed by atoms with Crippen molar-refractivity contribution in [2.75, 3.05) is 32.8 Å². The zero-order valence-corrected chi connectivity index (χ0v) is 10.8. The van der Waals surface area contributed by atoms with Crippen LogP contribution in [0.3, 0.4) is 0 Å². The summed E-state index contributed by atoms with van der Waals surface area (Å²) >= 11 is 0. The molecule has 1 aliphatic heterocycles. The fourth-order valence-electron chi connectivity index (χ4n) is 1.50. The quantitative estimate of drug-likeness (QED) is 0.507. The van der Waals surface area contributed by atoms with Crippen molar-refractivity contribution in [1.29, 1.82) is 0 Å². The van der Waals surface area contributed by atoms with Crippen molar-refractivity contribution in [2.24, 2.45) is 10.7 Å². The maximum Gasteiger partial charge on any atom is 0.242 e. The molecule has 0 unspecified atom stereocenters. The van der Waals surface area contributed by atoms with Crippen molar-refractivity contribution in [3.63, 3.8) is 0 Å². The van der Waals surface area contributed by atoms with Gasteiger partial charge in [-0.15, -0.1) is 0 Å². The summed E-state index contributed by atoms with van der Waals surface area (Å²) in [5, 5.41) is 2.83. The molecular weight excluding hydrogens is 220 g/mol. The number of carbonyl (C=O) groups excluding carboxylic acids is 1. The lowest BCUT2D eigenvalue weighted by Crippen LogP contribution is -2.46. The largest absolute Gasteiger partial charge is 0.378 e. The molecule has 1 aliphatic rings. The molecule has 1 heterocycles. The molecule has 0 aromatic rings. The third kappa shape index (κ3) is 5.53. The van der Waals surface area contributed by atoms with Gasteiger partial charge in [0.15, 0.2) is 5.96 Å². The molecule has 1 saturated heterocycles. The van der Waals surface area contributed by atoms with Crippen LogP contribution in [0.25, 0.3) is 0 Å². The predicted molar refractivity (Wildman–Crippen MR) is 66.8 cm³/mol. The van der Waals surface area contributed by atoms with Gasteiger partial charge in [0, 0.05) is 18.6 Å². The fourth-order valence-corrected chi connectivity index (χ4v) is 1.50. The van der Waals surface area contributed by atoms with E-state index in [2.05, 4.69) is 10.3 Å². The second kappa shape index (κ2) is 5.86. The van der Waals surface area contributed by atoms with Crippen molar-refractivity contribution >= 4 is 11.9 Å². The van der Waals surface area contributed by atoms with Gasteiger partial charge in [0.05, 0.1) is 13.2 Å². The Labute approximate surface area is 102 Å². The van der Waals surface area contributed by atoms with E-state index < -0.39 is 0 Å². The molecular formula is C11H22N4O2. The minimum absolute atomic E-state index is 0.0699. The molecule has 0 aromatic heterocycles. The Morgan fingerprint density at radius 1 is 1.41 bits per heavy atom. The second-order valence-electron chi connectivity index (χ2n) is 5.07. The summed E-state index contributed by atoms with van der Waals surface area (Å²) in [6.07, 6.45) is 0. The van der Waals surface area contributed by atoms with Crippen molar-refractivity contribution in [3.05, 3.63) is 0 Å². The summed E-state index contributed by atoms with van der Waals surface area (Å²) in [6, 6.07) is 0. The van der Waals surface area contributed by atoms with Crippen molar-refractivity contribution in [3.8, 4) is 0 Å². The third-order valence-electron chi connectivity index (χ3n) is 2.23. The zero-order chi connectivity index (χ0) is 12.9. The lowest BCUT2D eigenvalue weighted by Gasteiger charge is -2.27. The van der Waals surface area contributed by atoms with Gasteiger partial charge < -0.3 is 20.7 Å². The Bertz CT molecular complexity index is 290.